The van der Waals surface area contributed by atoms with E-state index in [1.807, 2.05) is 0 Å². The number of hydrogen-bond acceptors (Lipinski definition) is 14. The van der Waals surface area contributed by atoms with Crippen molar-refractivity contribution in [2.45, 2.75) is 49.7 Å². The fourth-order valence-corrected chi connectivity index (χ4v) is 3.61. The number of aliphatic carboxylic acids is 1. The third-order valence-corrected chi connectivity index (χ3v) is 5.40. The van der Waals surface area contributed by atoms with Crippen LogP contribution in [-0.2, 0) is 48.2 Å². The van der Waals surface area contributed by atoms with E-state index < -0.39 is 82.7 Å². The Balaban J connectivity index is 0.000000323. The van der Waals surface area contributed by atoms with E-state index in [9.17, 15) is 42.1 Å². The molecule has 2 rings (SSSR count). The summed E-state index contributed by atoms with van der Waals surface area (Å²) in [5, 5.41) is 39.2. The van der Waals surface area contributed by atoms with Crippen LogP contribution in [0.4, 0.5) is 0 Å². The molecule has 2 aliphatic rings. The summed E-state index contributed by atoms with van der Waals surface area (Å²) >= 11 is 0. The van der Waals surface area contributed by atoms with E-state index in [1.165, 1.54) is 0 Å². The van der Waals surface area contributed by atoms with Gasteiger partial charge in [0.15, 0.2) is 0 Å². The minimum absolute atomic E-state index is 0.192. The van der Waals surface area contributed by atoms with Gasteiger partial charge in [-0.1, -0.05) is 6.92 Å². The molecular formula is C14H25O16S2-. The number of aliphatic hydroxyl groups is 3. The lowest BCUT2D eigenvalue weighted by atomic mass is 9.94. The summed E-state index contributed by atoms with van der Waals surface area (Å²) < 4.78 is 80.8. The number of carboxylic acid groups (broad SMARTS) is 1. The molecule has 0 amide bonds. The molecule has 0 aliphatic carbocycles. The van der Waals surface area contributed by atoms with Gasteiger partial charge in [0.2, 0.25) is 0 Å². The molecule has 2 saturated heterocycles. The smallest absolute Gasteiger partial charge is 0.397 e. The highest BCUT2D eigenvalue weighted by Gasteiger charge is 2.43. The Labute approximate surface area is 183 Å². The lowest BCUT2D eigenvalue weighted by molar-refractivity contribution is -0.328. The molecule has 18 heteroatoms. The topological polar surface area (TPSA) is 256 Å². The third-order valence-electron chi connectivity index (χ3n) is 4.47. The maximum Gasteiger partial charge on any atom is 0.397 e. The first kappa shape index (κ1) is 29.0. The van der Waals surface area contributed by atoms with E-state index in [0.717, 1.165) is 7.11 Å². The average Bonchev–Trinajstić information content (AvgIpc) is 2.65. The predicted octanol–water partition coefficient (Wildman–Crippen LogP) is -4.74. The van der Waals surface area contributed by atoms with Crippen LogP contribution in [0.15, 0.2) is 0 Å². The van der Waals surface area contributed by atoms with Gasteiger partial charge in [0.25, 0.3) is 0 Å². The van der Waals surface area contributed by atoms with Gasteiger partial charge >= 0.3 is 20.8 Å². The number of methoxy groups -OCH3 is 1. The molecule has 32 heavy (non-hydrogen) atoms. The second-order valence-corrected chi connectivity index (χ2v) is 9.01. The van der Waals surface area contributed by atoms with Crippen LogP contribution in [0.3, 0.4) is 0 Å². The number of carbonyl (C=O) groups excluding carboxylic acids is 1. The van der Waals surface area contributed by atoms with Crippen molar-refractivity contribution in [2.24, 2.45) is 5.92 Å². The van der Waals surface area contributed by atoms with Crippen LogP contribution in [0, 0.1) is 5.92 Å². The van der Waals surface area contributed by atoms with E-state index in [4.69, 9.17) is 18.6 Å². The van der Waals surface area contributed by atoms with E-state index in [0.29, 0.717) is 0 Å². The van der Waals surface area contributed by atoms with Gasteiger partial charge in [-0.2, -0.15) is 16.8 Å². The quantitative estimate of drug-likeness (QED) is 0.200. The largest absolute Gasteiger partial charge is 0.547 e. The Morgan fingerprint density at radius 3 is 2.06 bits per heavy atom. The van der Waals surface area contributed by atoms with Crippen molar-refractivity contribution in [2.75, 3.05) is 26.9 Å². The Morgan fingerprint density at radius 1 is 1.00 bits per heavy atom. The highest BCUT2D eigenvalue weighted by molar-refractivity contribution is 7.81. The number of ether oxygens (including phenoxy) is 3. The SMILES string of the molecule is CC1COC(COS(=O)(=O)O)C(O)C1O.COC1C(C(=O)[O-])OCC(OS(=O)(=O)O)C1O. The molecule has 8 unspecified atom stereocenters. The molecule has 2 aliphatic heterocycles. The van der Waals surface area contributed by atoms with Gasteiger partial charge in [-0.3, -0.25) is 9.11 Å². The summed E-state index contributed by atoms with van der Waals surface area (Å²) in [5.74, 6) is -1.84. The first-order valence-electron chi connectivity index (χ1n) is 8.86. The first-order valence-corrected chi connectivity index (χ1v) is 11.6. The zero-order chi connectivity index (χ0) is 24.9. The standard InChI is InChI=1S/C7H12O9S.C7H14O7S/c1-14-5-4(8)3(16-17(11,12)13)2-15-6(5)7(9)10;1-4-2-13-5(7(9)6(4)8)3-14-15(10,11)12/h3-6,8H,2H2,1H3,(H,9,10)(H,11,12,13);4-9H,2-3H2,1H3,(H,10,11,12)/p-1. The van der Waals surface area contributed by atoms with Crippen LogP contribution < -0.4 is 5.11 Å². The Bertz CT molecular complexity index is 813. The van der Waals surface area contributed by atoms with Crippen molar-refractivity contribution >= 4 is 26.8 Å². The van der Waals surface area contributed by atoms with Crippen molar-refractivity contribution in [1.29, 1.82) is 0 Å². The molecule has 0 aromatic carbocycles. The first-order chi connectivity index (χ1) is 14.6. The molecule has 0 spiro atoms. The molecule has 5 N–H and O–H groups in total. The Kier molecular flexibility index (Phi) is 10.8. The summed E-state index contributed by atoms with van der Waals surface area (Å²) in [6, 6.07) is 0. The minimum atomic E-state index is -4.78. The maximum absolute atomic E-state index is 10.6. The number of rotatable bonds is 7. The van der Waals surface area contributed by atoms with Crippen LogP contribution >= 0.6 is 0 Å². The molecule has 2 heterocycles. The second kappa shape index (κ2) is 11.9. The zero-order valence-corrected chi connectivity index (χ0v) is 18.4. The molecule has 0 aromatic rings. The van der Waals surface area contributed by atoms with Gasteiger partial charge in [-0.15, -0.1) is 0 Å². The lowest BCUT2D eigenvalue weighted by Crippen LogP contribution is -2.60. The molecule has 0 aromatic heterocycles. The fraction of sp³-hybridized carbons (Fsp3) is 0.929. The normalized spacial score (nSPS) is 36.1. The number of carbonyl (C=O) groups is 1. The van der Waals surface area contributed by atoms with Crippen molar-refractivity contribution < 1.29 is 73.7 Å². The fourth-order valence-electron chi connectivity index (χ4n) is 2.82. The number of carboxylic acids is 1. The highest BCUT2D eigenvalue weighted by Crippen LogP contribution is 2.21. The molecule has 0 bridgehead atoms. The summed E-state index contributed by atoms with van der Waals surface area (Å²) in [4.78, 5) is 10.6. The molecule has 16 nitrogen and oxygen atoms in total. The van der Waals surface area contributed by atoms with Gasteiger partial charge in [0.05, 0.1) is 31.9 Å². The summed E-state index contributed by atoms with van der Waals surface area (Å²) in [7, 11) is -8.24. The highest BCUT2D eigenvalue weighted by atomic mass is 32.3. The summed E-state index contributed by atoms with van der Waals surface area (Å²) in [6.45, 7) is 0.814. The van der Waals surface area contributed by atoms with Crippen molar-refractivity contribution in [3.63, 3.8) is 0 Å². The second-order valence-electron chi connectivity index (χ2n) is 6.87. The third kappa shape index (κ3) is 9.08. The summed E-state index contributed by atoms with van der Waals surface area (Å²) in [5.41, 5.74) is 0. The van der Waals surface area contributed by atoms with E-state index in [2.05, 4.69) is 13.1 Å². The van der Waals surface area contributed by atoms with E-state index in [1.54, 1.807) is 6.92 Å². The molecule has 0 radical (unpaired) electrons. The molecule has 190 valence electrons. The molecule has 2 fully saturated rings. The monoisotopic (exact) mass is 513 g/mol. The van der Waals surface area contributed by atoms with Gasteiger partial charge < -0.3 is 39.4 Å². The molecule has 8 atom stereocenters. The van der Waals surface area contributed by atoms with Crippen molar-refractivity contribution in [3.05, 3.63) is 0 Å². The van der Waals surface area contributed by atoms with Crippen LogP contribution in [0.2, 0.25) is 0 Å². The number of hydrogen-bond donors (Lipinski definition) is 5. The molecule has 0 saturated carbocycles. The summed E-state index contributed by atoms with van der Waals surface area (Å²) in [6.07, 6.45) is -9.14. The Morgan fingerprint density at radius 2 is 1.59 bits per heavy atom. The van der Waals surface area contributed by atoms with Gasteiger partial charge in [0.1, 0.15) is 36.6 Å². The lowest BCUT2D eigenvalue weighted by Gasteiger charge is -2.38. The van der Waals surface area contributed by atoms with Gasteiger partial charge in [-0.25, -0.2) is 8.37 Å². The zero-order valence-electron chi connectivity index (χ0n) is 16.8. The van der Waals surface area contributed by atoms with Crippen molar-refractivity contribution in [3.8, 4) is 0 Å². The predicted molar refractivity (Wildman–Crippen MR) is 96.4 cm³/mol. The van der Waals surface area contributed by atoms with Crippen LogP contribution in [0.5, 0.6) is 0 Å². The van der Waals surface area contributed by atoms with Crippen LogP contribution in [0.1, 0.15) is 6.92 Å². The van der Waals surface area contributed by atoms with Crippen molar-refractivity contribution in [1.82, 2.24) is 0 Å². The van der Waals surface area contributed by atoms with E-state index >= 15 is 0 Å². The van der Waals surface area contributed by atoms with Crippen LogP contribution in [-0.4, -0.2) is 117 Å². The number of aliphatic hydroxyl groups excluding tert-OH is 3. The van der Waals surface area contributed by atoms with Gasteiger partial charge in [-0.05, 0) is 0 Å². The molecular weight excluding hydrogens is 488 g/mol. The van der Waals surface area contributed by atoms with Gasteiger partial charge in [0, 0.05) is 13.0 Å². The Hall–Kier alpha value is -1.03. The van der Waals surface area contributed by atoms with Crippen LogP contribution in [0.25, 0.3) is 0 Å². The minimum Gasteiger partial charge on any atom is -0.547 e. The van der Waals surface area contributed by atoms with E-state index in [-0.39, 0.29) is 12.5 Å². The average molecular weight is 513 g/mol. The maximum atomic E-state index is 10.6.